The summed E-state index contributed by atoms with van der Waals surface area (Å²) >= 11 is 11.5. The molecule has 22 heavy (non-hydrogen) atoms. The number of nitrogens with one attached hydrogen (secondary N) is 2. The van der Waals surface area contributed by atoms with Crippen LogP contribution in [-0.2, 0) is 6.54 Å². The van der Waals surface area contributed by atoms with E-state index in [9.17, 15) is 0 Å². The average Bonchev–Trinajstić information content (AvgIpc) is 2.83. The minimum Gasteiger partial charge on any atom is -0.493 e. The maximum Gasteiger partial charge on any atom is 0.214 e. The predicted molar refractivity (Wildman–Crippen MR) is 89.0 cm³/mol. The summed E-state index contributed by atoms with van der Waals surface area (Å²) in [6, 6.07) is 3.63. The number of methoxy groups -OCH3 is 1. The highest BCUT2D eigenvalue weighted by Gasteiger charge is 2.11. The van der Waals surface area contributed by atoms with Gasteiger partial charge >= 0.3 is 0 Å². The second kappa shape index (κ2) is 7.51. The first-order valence-corrected chi connectivity index (χ1v) is 7.72. The summed E-state index contributed by atoms with van der Waals surface area (Å²) in [5.41, 5.74) is 4.05. The minimum absolute atomic E-state index is 0.484. The van der Waals surface area contributed by atoms with Gasteiger partial charge in [0.2, 0.25) is 4.77 Å². The third kappa shape index (κ3) is 3.72. The number of rotatable bonds is 7. The van der Waals surface area contributed by atoms with Crippen molar-refractivity contribution in [3.63, 3.8) is 0 Å². The number of aryl methyl sites for hydroxylation is 1. The van der Waals surface area contributed by atoms with Crippen molar-refractivity contribution in [1.29, 1.82) is 0 Å². The summed E-state index contributed by atoms with van der Waals surface area (Å²) in [5, 5.41) is 7.36. The number of nitrogens with zero attached hydrogens (tertiary/aromatic N) is 2. The van der Waals surface area contributed by atoms with E-state index in [0.29, 0.717) is 34.4 Å². The molecule has 0 spiro atoms. The Labute approximate surface area is 139 Å². The highest BCUT2D eigenvalue weighted by molar-refractivity contribution is 7.71. The first-order valence-electron chi connectivity index (χ1n) is 6.94. The number of hydrogen-bond acceptors (Lipinski definition) is 5. The molecule has 2 rings (SSSR count). The van der Waals surface area contributed by atoms with Gasteiger partial charge in [-0.2, -0.15) is 5.10 Å². The van der Waals surface area contributed by atoms with Crippen molar-refractivity contribution >= 4 is 23.8 Å². The fraction of sp³-hybridized carbons (Fsp3) is 0.429. The van der Waals surface area contributed by atoms with Crippen LogP contribution in [0.3, 0.4) is 0 Å². The van der Waals surface area contributed by atoms with Crippen molar-refractivity contribution in [2.45, 2.75) is 26.8 Å². The molecule has 120 valence electrons. The number of hydrogen-bond donors (Lipinski definition) is 2. The molecular formula is C14H19ClN4O2S. The second-order valence-electron chi connectivity index (χ2n) is 4.69. The summed E-state index contributed by atoms with van der Waals surface area (Å²) in [7, 11) is 1.61. The number of H-pyrrole nitrogens is 1. The van der Waals surface area contributed by atoms with Crippen LogP contribution in [0.5, 0.6) is 11.5 Å². The van der Waals surface area contributed by atoms with Gasteiger partial charge in [0.1, 0.15) is 5.82 Å². The third-order valence-corrected chi connectivity index (χ3v) is 3.69. The van der Waals surface area contributed by atoms with Crippen LogP contribution in [-0.4, -0.2) is 28.6 Å². The van der Waals surface area contributed by atoms with Crippen LogP contribution in [0.15, 0.2) is 12.1 Å². The van der Waals surface area contributed by atoms with Gasteiger partial charge in [-0.3, -0.25) is 5.10 Å². The van der Waals surface area contributed by atoms with Crippen LogP contribution in [0.1, 0.15) is 24.7 Å². The second-order valence-corrected chi connectivity index (χ2v) is 5.48. The number of aromatic nitrogens is 3. The first kappa shape index (κ1) is 16.6. The van der Waals surface area contributed by atoms with Crippen LogP contribution in [0.2, 0.25) is 5.02 Å². The van der Waals surface area contributed by atoms with E-state index in [4.69, 9.17) is 33.3 Å². The van der Waals surface area contributed by atoms with Gasteiger partial charge in [-0.05, 0) is 37.2 Å². The predicted octanol–water partition coefficient (Wildman–Crippen LogP) is 3.44. The van der Waals surface area contributed by atoms with Crippen molar-refractivity contribution in [2.75, 3.05) is 19.1 Å². The van der Waals surface area contributed by atoms with Crippen LogP contribution in [0.25, 0.3) is 0 Å². The molecule has 6 nitrogen and oxygen atoms in total. The molecule has 0 fully saturated rings. The molecule has 0 amide bonds. The van der Waals surface area contributed by atoms with Crippen molar-refractivity contribution in [3.05, 3.63) is 33.3 Å². The third-order valence-electron chi connectivity index (χ3n) is 3.06. The Kier molecular flexibility index (Phi) is 5.68. The van der Waals surface area contributed by atoms with Gasteiger partial charge in [0, 0.05) is 11.1 Å². The lowest BCUT2D eigenvalue weighted by Crippen LogP contribution is -2.16. The largest absolute Gasteiger partial charge is 0.493 e. The molecule has 1 aromatic carbocycles. The molecule has 1 aromatic heterocycles. The molecule has 0 saturated heterocycles. The zero-order chi connectivity index (χ0) is 16.1. The molecule has 1 heterocycles. The van der Waals surface area contributed by atoms with E-state index in [1.54, 1.807) is 17.9 Å². The molecule has 0 aliphatic heterocycles. The number of benzene rings is 1. The fourth-order valence-electron chi connectivity index (χ4n) is 1.92. The lowest BCUT2D eigenvalue weighted by Gasteiger charge is -2.14. The van der Waals surface area contributed by atoms with Gasteiger partial charge in [-0.15, -0.1) is 0 Å². The minimum atomic E-state index is 0.484. The topological polar surface area (TPSA) is 64.1 Å². The number of aromatic amines is 1. The van der Waals surface area contributed by atoms with E-state index in [0.717, 1.165) is 17.8 Å². The lowest BCUT2D eigenvalue weighted by molar-refractivity contribution is 0.294. The van der Waals surface area contributed by atoms with Gasteiger partial charge < -0.3 is 14.9 Å². The molecule has 0 atom stereocenters. The summed E-state index contributed by atoms with van der Waals surface area (Å²) in [4.78, 5) is 0. The molecule has 2 aromatic rings. The molecule has 0 unspecified atom stereocenters. The Hall–Kier alpha value is -1.73. The molecule has 0 saturated carbocycles. The summed E-state index contributed by atoms with van der Waals surface area (Å²) < 4.78 is 13.2. The maximum atomic E-state index is 6.32. The van der Waals surface area contributed by atoms with Gasteiger partial charge in [0.25, 0.3) is 0 Å². The Morgan fingerprint density at radius 1 is 1.41 bits per heavy atom. The highest BCUT2D eigenvalue weighted by Crippen LogP contribution is 2.33. The number of ether oxygens (including phenoxy) is 2. The van der Waals surface area contributed by atoms with Crippen LogP contribution < -0.4 is 14.9 Å². The first-order chi connectivity index (χ1) is 10.6. The van der Waals surface area contributed by atoms with E-state index < -0.39 is 0 Å². The van der Waals surface area contributed by atoms with Gasteiger partial charge in [0.15, 0.2) is 11.5 Å². The van der Waals surface area contributed by atoms with Crippen molar-refractivity contribution in [1.82, 2.24) is 14.9 Å². The van der Waals surface area contributed by atoms with Crippen LogP contribution in [0.4, 0.5) is 0 Å². The zero-order valence-corrected chi connectivity index (χ0v) is 14.3. The van der Waals surface area contributed by atoms with E-state index in [2.05, 4.69) is 15.6 Å². The van der Waals surface area contributed by atoms with E-state index in [-0.39, 0.29) is 0 Å². The Balaban J connectivity index is 2.19. The monoisotopic (exact) mass is 342 g/mol. The lowest BCUT2D eigenvalue weighted by atomic mass is 10.2. The molecule has 8 heteroatoms. The fourth-order valence-corrected chi connectivity index (χ4v) is 2.39. The summed E-state index contributed by atoms with van der Waals surface area (Å²) in [6.45, 7) is 5.00. The maximum absolute atomic E-state index is 6.32. The smallest absolute Gasteiger partial charge is 0.214 e. The highest BCUT2D eigenvalue weighted by atomic mass is 35.5. The SMILES string of the molecule is CCCOc1cc(Cl)c(CNn2c(C)n[nH]c2=S)cc1OC. The Bertz CT molecular complexity index is 699. The standard InChI is InChI=1S/C14H19ClN4O2S/c1-4-5-21-13-7-11(15)10(6-12(13)20-3)8-16-19-9(2)17-18-14(19)22/h6-7,16H,4-5,8H2,1-3H3,(H,18,22). The molecule has 0 radical (unpaired) electrons. The Morgan fingerprint density at radius 2 is 2.18 bits per heavy atom. The van der Waals surface area contributed by atoms with E-state index >= 15 is 0 Å². The molecule has 0 bridgehead atoms. The van der Waals surface area contributed by atoms with Crippen LogP contribution in [0, 0.1) is 11.7 Å². The van der Waals surface area contributed by atoms with Crippen molar-refractivity contribution in [3.8, 4) is 11.5 Å². The zero-order valence-electron chi connectivity index (χ0n) is 12.8. The summed E-state index contributed by atoms with van der Waals surface area (Å²) in [5.74, 6) is 2.05. The summed E-state index contributed by atoms with van der Waals surface area (Å²) in [6.07, 6.45) is 0.919. The number of halogens is 1. The quantitative estimate of drug-likeness (QED) is 0.754. The van der Waals surface area contributed by atoms with Gasteiger partial charge in [-0.1, -0.05) is 18.5 Å². The molecular weight excluding hydrogens is 324 g/mol. The van der Waals surface area contributed by atoms with Crippen molar-refractivity contribution < 1.29 is 9.47 Å². The molecule has 0 aliphatic carbocycles. The van der Waals surface area contributed by atoms with Gasteiger partial charge in [-0.25, -0.2) is 4.68 Å². The van der Waals surface area contributed by atoms with Crippen LogP contribution >= 0.6 is 23.8 Å². The van der Waals surface area contributed by atoms with E-state index in [1.807, 2.05) is 19.9 Å². The normalized spacial score (nSPS) is 10.5. The average molecular weight is 343 g/mol. The molecule has 0 aliphatic rings. The van der Waals surface area contributed by atoms with Gasteiger partial charge in [0.05, 0.1) is 20.3 Å². The van der Waals surface area contributed by atoms with Crippen molar-refractivity contribution in [2.24, 2.45) is 0 Å². The Morgan fingerprint density at radius 3 is 2.77 bits per heavy atom. The molecule has 2 N–H and O–H groups in total. The van der Waals surface area contributed by atoms with E-state index in [1.165, 1.54) is 0 Å².